The van der Waals surface area contributed by atoms with Gasteiger partial charge < -0.3 is 19.7 Å². The molecule has 0 saturated heterocycles. The second-order valence-corrected chi connectivity index (χ2v) is 5.58. The number of hydrogen-bond acceptors (Lipinski definition) is 4. The molecule has 0 saturated carbocycles. The molecule has 4 heteroatoms. The molecule has 0 fully saturated rings. The van der Waals surface area contributed by atoms with Crippen LogP contribution in [0.1, 0.15) is 65.2 Å². The van der Waals surface area contributed by atoms with Gasteiger partial charge in [-0.25, -0.2) is 0 Å². The molecule has 126 valence electrons. The summed E-state index contributed by atoms with van der Waals surface area (Å²) in [5.74, 6) is 0.535. The van der Waals surface area contributed by atoms with Crippen molar-refractivity contribution in [1.29, 1.82) is 0 Å². The number of ether oxygens (including phenoxy) is 2. The third-order valence-corrected chi connectivity index (χ3v) is 3.56. The first kappa shape index (κ1) is 18.5. The molecule has 4 nitrogen and oxygen atoms in total. The van der Waals surface area contributed by atoms with Gasteiger partial charge in [-0.3, -0.25) is 0 Å². The molecule has 0 aliphatic rings. The van der Waals surface area contributed by atoms with Gasteiger partial charge in [-0.15, -0.1) is 0 Å². The average molecular weight is 310 g/mol. The number of phenols is 2. The SMILES string of the molecule is CCCCCCOc1c(O)ccc(O)c1OCCCCCC. The Bertz CT molecular complexity index is 379. The first-order chi connectivity index (χ1) is 10.7. The lowest BCUT2D eigenvalue weighted by atomic mass is 10.2. The molecule has 0 bridgehead atoms. The molecule has 0 amide bonds. The summed E-state index contributed by atoms with van der Waals surface area (Å²) in [6, 6.07) is 2.86. The lowest BCUT2D eigenvalue weighted by Gasteiger charge is -2.15. The predicted octanol–water partition coefficient (Wildman–Crippen LogP) is 5.02. The van der Waals surface area contributed by atoms with Crippen LogP contribution in [0, 0.1) is 0 Å². The van der Waals surface area contributed by atoms with Crippen LogP contribution in [-0.4, -0.2) is 23.4 Å². The van der Waals surface area contributed by atoms with E-state index < -0.39 is 0 Å². The largest absolute Gasteiger partial charge is 0.504 e. The van der Waals surface area contributed by atoms with Crippen LogP contribution < -0.4 is 9.47 Å². The Morgan fingerprint density at radius 1 is 0.682 bits per heavy atom. The van der Waals surface area contributed by atoms with Gasteiger partial charge in [0.2, 0.25) is 11.5 Å². The summed E-state index contributed by atoms with van der Waals surface area (Å²) in [7, 11) is 0. The van der Waals surface area contributed by atoms with Crippen LogP contribution in [0.15, 0.2) is 12.1 Å². The van der Waals surface area contributed by atoms with Crippen molar-refractivity contribution in [2.24, 2.45) is 0 Å². The third-order valence-electron chi connectivity index (χ3n) is 3.56. The summed E-state index contributed by atoms with van der Waals surface area (Å²) in [6.45, 7) is 5.35. The molecular weight excluding hydrogens is 280 g/mol. The van der Waals surface area contributed by atoms with Crippen LogP contribution in [0.3, 0.4) is 0 Å². The van der Waals surface area contributed by atoms with Crippen molar-refractivity contribution < 1.29 is 19.7 Å². The van der Waals surface area contributed by atoms with E-state index in [4.69, 9.17) is 9.47 Å². The Balaban J connectivity index is 2.55. The summed E-state index contributed by atoms with van der Waals surface area (Å²) in [6.07, 6.45) is 8.75. The van der Waals surface area contributed by atoms with E-state index in [0.717, 1.165) is 25.7 Å². The Morgan fingerprint density at radius 2 is 1.09 bits per heavy atom. The molecule has 1 rings (SSSR count). The molecule has 0 aliphatic heterocycles. The minimum absolute atomic E-state index is 0.0110. The first-order valence-electron chi connectivity index (χ1n) is 8.51. The highest BCUT2D eigenvalue weighted by Crippen LogP contribution is 2.43. The summed E-state index contributed by atoms with van der Waals surface area (Å²) in [5.41, 5.74) is 0. The molecular formula is C18H30O4. The highest BCUT2D eigenvalue weighted by atomic mass is 16.5. The second-order valence-electron chi connectivity index (χ2n) is 5.58. The van der Waals surface area contributed by atoms with E-state index in [1.54, 1.807) is 0 Å². The van der Waals surface area contributed by atoms with Gasteiger partial charge in [0.25, 0.3) is 0 Å². The van der Waals surface area contributed by atoms with E-state index in [9.17, 15) is 10.2 Å². The maximum absolute atomic E-state index is 9.94. The van der Waals surface area contributed by atoms with Crippen molar-refractivity contribution in [3.8, 4) is 23.0 Å². The van der Waals surface area contributed by atoms with Gasteiger partial charge in [-0.1, -0.05) is 52.4 Å². The van der Waals surface area contributed by atoms with Crippen LogP contribution >= 0.6 is 0 Å². The standard InChI is InChI=1S/C18H30O4/c1-3-5-7-9-13-21-17-15(19)11-12-16(20)18(17)22-14-10-8-6-4-2/h11-12,19-20H,3-10,13-14H2,1-2H3. The third kappa shape index (κ3) is 6.46. The maximum Gasteiger partial charge on any atom is 0.207 e. The molecule has 0 unspecified atom stereocenters. The minimum atomic E-state index is 0.0110. The summed E-state index contributed by atoms with van der Waals surface area (Å²) in [5, 5.41) is 19.9. The lowest BCUT2D eigenvalue weighted by molar-refractivity contribution is 0.240. The van der Waals surface area contributed by atoms with Gasteiger partial charge in [0, 0.05) is 0 Å². The Morgan fingerprint density at radius 3 is 1.45 bits per heavy atom. The van der Waals surface area contributed by atoms with Crippen molar-refractivity contribution in [1.82, 2.24) is 0 Å². The average Bonchev–Trinajstić information content (AvgIpc) is 2.52. The summed E-state index contributed by atoms with van der Waals surface area (Å²) >= 11 is 0. The topological polar surface area (TPSA) is 58.9 Å². The molecule has 1 aromatic rings. The number of benzene rings is 1. The number of aromatic hydroxyl groups is 2. The zero-order chi connectivity index (χ0) is 16.2. The van der Waals surface area contributed by atoms with E-state index in [1.807, 2.05) is 0 Å². The predicted molar refractivity (Wildman–Crippen MR) is 89.0 cm³/mol. The maximum atomic E-state index is 9.94. The number of rotatable bonds is 12. The number of hydrogen-bond donors (Lipinski definition) is 2. The normalized spacial score (nSPS) is 10.6. The van der Waals surface area contributed by atoms with Crippen LogP contribution in [0.5, 0.6) is 23.0 Å². The summed E-state index contributed by atoms with van der Waals surface area (Å²) < 4.78 is 11.3. The van der Waals surface area contributed by atoms with E-state index in [0.29, 0.717) is 13.2 Å². The first-order valence-corrected chi connectivity index (χ1v) is 8.51. The van der Waals surface area contributed by atoms with Crippen molar-refractivity contribution in [2.45, 2.75) is 65.2 Å². The molecule has 0 aliphatic carbocycles. The van der Waals surface area contributed by atoms with Crippen molar-refractivity contribution in [3.05, 3.63) is 12.1 Å². The number of unbranched alkanes of at least 4 members (excludes halogenated alkanes) is 6. The van der Waals surface area contributed by atoms with Gasteiger partial charge in [-0.05, 0) is 25.0 Å². The van der Waals surface area contributed by atoms with Gasteiger partial charge in [0.1, 0.15) is 0 Å². The summed E-state index contributed by atoms with van der Waals surface area (Å²) in [4.78, 5) is 0. The smallest absolute Gasteiger partial charge is 0.207 e. The van der Waals surface area contributed by atoms with Crippen molar-refractivity contribution >= 4 is 0 Å². The number of phenolic OH excluding ortho intramolecular Hbond substituents is 2. The Hall–Kier alpha value is -1.58. The van der Waals surface area contributed by atoms with E-state index in [2.05, 4.69) is 13.8 Å². The highest BCUT2D eigenvalue weighted by Gasteiger charge is 2.16. The van der Waals surface area contributed by atoms with Gasteiger partial charge in [0.15, 0.2) is 11.5 Å². The van der Waals surface area contributed by atoms with Crippen molar-refractivity contribution in [2.75, 3.05) is 13.2 Å². The zero-order valence-corrected chi connectivity index (χ0v) is 13.9. The second kappa shape index (κ2) is 11.0. The monoisotopic (exact) mass is 310 g/mol. The van der Waals surface area contributed by atoms with E-state index in [-0.39, 0.29) is 23.0 Å². The quantitative estimate of drug-likeness (QED) is 0.420. The highest BCUT2D eigenvalue weighted by molar-refractivity contribution is 5.57. The fraction of sp³-hybridized carbons (Fsp3) is 0.667. The molecule has 0 aromatic heterocycles. The molecule has 2 N–H and O–H groups in total. The zero-order valence-electron chi connectivity index (χ0n) is 13.9. The molecule has 0 atom stereocenters. The molecule has 1 aromatic carbocycles. The fourth-order valence-corrected chi connectivity index (χ4v) is 2.23. The van der Waals surface area contributed by atoms with Crippen LogP contribution in [-0.2, 0) is 0 Å². The van der Waals surface area contributed by atoms with Crippen molar-refractivity contribution in [3.63, 3.8) is 0 Å². The fourth-order valence-electron chi connectivity index (χ4n) is 2.23. The van der Waals surface area contributed by atoms with E-state index >= 15 is 0 Å². The molecule has 22 heavy (non-hydrogen) atoms. The Labute approximate surface area is 134 Å². The molecule has 0 spiro atoms. The van der Waals surface area contributed by atoms with Gasteiger partial charge >= 0.3 is 0 Å². The van der Waals surface area contributed by atoms with Gasteiger partial charge in [0.05, 0.1) is 13.2 Å². The Kier molecular flexibility index (Phi) is 9.28. The van der Waals surface area contributed by atoms with Gasteiger partial charge in [-0.2, -0.15) is 0 Å². The van der Waals surface area contributed by atoms with Crippen LogP contribution in [0.25, 0.3) is 0 Å². The lowest BCUT2D eigenvalue weighted by Crippen LogP contribution is -2.03. The molecule has 0 heterocycles. The van der Waals surface area contributed by atoms with Crippen LogP contribution in [0.2, 0.25) is 0 Å². The molecule has 0 radical (unpaired) electrons. The van der Waals surface area contributed by atoms with Crippen LogP contribution in [0.4, 0.5) is 0 Å². The van der Waals surface area contributed by atoms with E-state index in [1.165, 1.54) is 37.8 Å². The minimum Gasteiger partial charge on any atom is -0.504 e.